The molecule has 0 aliphatic heterocycles. The van der Waals surface area contributed by atoms with Crippen molar-refractivity contribution in [1.29, 1.82) is 0 Å². The average Bonchev–Trinajstić information content (AvgIpc) is 3.16. The van der Waals surface area contributed by atoms with Gasteiger partial charge in [-0.1, -0.05) is 38.7 Å². The average molecular weight is 268 g/mol. The maximum atomic E-state index is 11.7. The predicted molar refractivity (Wildman–Crippen MR) is 72.5 cm³/mol. The quantitative estimate of drug-likeness (QED) is 0.294. The van der Waals surface area contributed by atoms with Crippen LogP contribution in [0.1, 0.15) is 51.9 Å². The first kappa shape index (κ1) is 15.7. The first-order chi connectivity index (χ1) is 9.13. The number of rotatable bonds is 8. The highest BCUT2D eigenvalue weighted by molar-refractivity contribution is 6.08. The third-order valence-corrected chi connectivity index (χ3v) is 3.64. The molecule has 0 heterocycles. The topological polar surface area (TPSA) is 52.6 Å². The Morgan fingerprint density at radius 1 is 1.11 bits per heavy atom. The zero-order valence-electron chi connectivity index (χ0n) is 12.2. The van der Waals surface area contributed by atoms with Crippen LogP contribution in [0.15, 0.2) is 11.6 Å². The molecule has 0 spiro atoms. The molecule has 1 aliphatic rings. The highest BCUT2D eigenvalue weighted by Crippen LogP contribution is 2.54. The molecular weight excluding hydrogens is 244 g/mol. The summed E-state index contributed by atoms with van der Waals surface area (Å²) in [5, 5.41) is 0. The van der Waals surface area contributed by atoms with E-state index in [4.69, 9.17) is 9.47 Å². The Kier molecular flexibility index (Phi) is 6.06. The molecule has 4 heteroatoms. The minimum atomic E-state index is -1.13. The maximum absolute atomic E-state index is 11.7. The van der Waals surface area contributed by atoms with Gasteiger partial charge in [-0.3, -0.25) is 9.59 Å². The van der Waals surface area contributed by atoms with Crippen LogP contribution < -0.4 is 0 Å². The number of carbonyl (C=O) groups excluding carboxylic acids is 2. The molecule has 1 fully saturated rings. The highest BCUT2D eigenvalue weighted by Gasteiger charge is 2.63. The van der Waals surface area contributed by atoms with Gasteiger partial charge in [0.25, 0.3) is 0 Å². The van der Waals surface area contributed by atoms with Crippen molar-refractivity contribution in [2.75, 3.05) is 14.2 Å². The molecule has 0 aromatic heterocycles. The second kappa shape index (κ2) is 7.31. The van der Waals surface area contributed by atoms with Crippen molar-refractivity contribution in [2.24, 2.45) is 5.41 Å². The first-order valence-corrected chi connectivity index (χ1v) is 6.99. The van der Waals surface area contributed by atoms with Gasteiger partial charge in [0.05, 0.1) is 14.2 Å². The van der Waals surface area contributed by atoms with E-state index in [2.05, 4.69) is 6.92 Å². The van der Waals surface area contributed by atoms with Gasteiger partial charge in [-0.2, -0.15) is 0 Å². The van der Waals surface area contributed by atoms with Gasteiger partial charge in [-0.25, -0.2) is 0 Å². The molecule has 1 rings (SSSR count). The summed E-state index contributed by atoms with van der Waals surface area (Å²) in [5.41, 5.74) is -0.283. The number of esters is 2. The van der Waals surface area contributed by atoms with E-state index in [1.807, 2.05) is 6.08 Å². The van der Waals surface area contributed by atoms with Crippen molar-refractivity contribution in [3.8, 4) is 0 Å². The summed E-state index contributed by atoms with van der Waals surface area (Å²) < 4.78 is 9.42. The van der Waals surface area contributed by atoms with Gasteiger partial charge in [-0.15, -0.1) is 0 Å². The summed E-state index contributed by atoms with van der Waals surface area (Å²) in [7, 11) is 2.60. The van der Waals surface area contributed by atoms with E-state index in [1.54, 1.807) is 0 Å². The van der Waals surface area contributed by atoms with Crippen LogP contribution in [-0.4, -0.2) is 26.2 Å². The van der Waals surface area contributed by atoms with Gasteiger partial charge in [0.2, 0.25) is 0 Å². The lowest BCUT2D eigenvalue weighted by atomic mass is 10.1. The highest BCUT2D eigenvalue weighted by atomic mass is 16.5. The molecule has 0 atom stereocenters. The fraction of sp³-hybridized carbons (Fsp3) is 0.733. The largest absolute Gasteiger partial charge is 0.468 e. The Morgan fingerprint density at radius 2 is 1.68 bits per heavy atom. The summed E-state index contributed by atoms with van der Waals surface area (Å²) >= 11 is 0. The molecule has 0 unspecified atom stereocenters. The van der Waals surface area contributed by atoms with E-state index in [-0.39, 0.29) is 0 Å². The smallest absolute Gasteiger partial charge is 0.327 e. The Labute approximate surface area is 115 Å². The number of methoxy groups -OCH3 is 2. The van der Waals surface area contributed by atoms with Crippen molar-refractivity contribution in [3.63, 3.8) is 0 Å². The van der Waals surface area contributed by atoms with Crippen molar-refractivity contribution in [3.05, 3.63) is 11.6 Å². The van der Waals surface area contributed by atoms with Gasteiger partial charge in [-0.05, 0) is 18.4 Å². The Balaban J connectivity index is 2.47. The summed E-state index contributed by atoms with van der Waals surface area (Å²) in [6, 6.07) is 0. The Bertz CT molecular complexity index is 341. The van der Waals surface area contributed by atoms with E-state index in [0.29, 0.717) is 6.42 Å². The SMILES string of the molecule is CCCCCCC/C=C1\CC1(C(=O)OC)C(=O)OC. The van der Waals surface area contributed by atoms with Crippen LogP contribution in [0.3, 0.4) is 0 Å². The lowest BCUT2D eigenvalue weighted by Crippen LogP contribution is -2.28. The molecule has 19 heavy (non-hydrogen) atoms. The number of allylic oxidation sites excluding steroid dienone is 1. The molecule has 0 aromatic rings. The molecule has 0 amide bonds. The maximum Gasteiger partial charge on any atom is 0.327 e. The lowest BCUT2D eigenvalue weighted by Gasteiger charge is -2.09. The van der Waals surface area contributed by atoms with Crippen molar-refractivity contribution >= 4 is 11.9 Å². The van der Waals surface area contributed by atoms with E-state index in [9.17, 15) is 9.59 Å². The van der Waals surface area contributed by atoms with Crippen LogP contribution >= 0.6 is 0 Å². The van der Waals surface area contributed by atoms with Gasteiger partial charge in [0.15, 0.2) is 5.41 Å². The summed E-state index contributed by atoms with van der Waals surface area (Å²) in [6.45, 7) is 2.19. The number of unbranched alkanes of at least 4 members (excludes halogenated alkanes) is 5. The van der Waals surface area contributed by atoms with Crippen molar-refractivity contribution < 1.29 is 19.1 Å². The van der Waals surface area contributed by atoms with E-state index in [0.717, 1.165) is 18.4 Å². The molecule has 0 saturated heterocycles. The summed E-state index contributed by atoms with van der Waals surface area (Å²) in [5.74, 6) is -1.01. The zero-order valence-corrected chi connectivity index (χ0v) is 12.2. The second-order valence-electron chi connectivity index (χ2n) is 5.00. The normalized spacial score (nSPS) is 18.2. The van der Waals surface area contributed by atoms with Crippen LogP contribution in [-0.2, 0) is 19.1 Å². The molecule has 1 aliphatic carbocycles. The predicted octanol–water partition coefficient (Wildman–Crippen LogP) is 3.01. The standard InChI is InChI=1S/C15H24O4/c1-4-5-6-7-8-9-10-12-11-15(12,13(16)18-2)14(17)19-3/h10H,4-9,11H2,1-3H3/b12-10+. The molecule has 0 bridgehead atoms. The molecule has 0 radical (unpaired) electrons. The van der Waals surface area contributed by atoms with Crippen LogP contribution in [0.4, 0.5) is 0 Å². The van der Waals surface area contributed by atoms with Crippen LogP contribution in [0.2, 0.25) is 0 Å². The van der Waals surface area contributed by atoms with Crippen molar-refractivity contribution in [2.45, 2.75) is 51.9 Å². The summed E-state index contributed by atoms with van der Waals surface area (Å²) in [4.78, 5) is 23.4. The Morgan fingerprint density at radius 3 is 2.21 bits per heavy atom. The number of carbonyl (C=O) groups is 2. The number of hydrogen-bond acceptors (Lipinski definition) is 4. The van der Waals surface area contributed by atoms with E-state index >= 15 is 0 Å². The van der Waals surface area contributed by atoms with Crippen LogP contribution in [0.5, 0.6) is 0 Å². The van der Waals surface area contributed by atoms with Gasteiger partial charge in [0.1, 0.15) is 0 Å². The van der Waals surface area contributed by atoms with Gasteiger partial charge < -0.3 is 9.47 Å². The third kappa shape index (κ3) is 3.58. The molecule has 0 aromatic carbocycles. The van der Waals surface area contributed by atoms with Crippen LogP contribution in [0, 0.1) is 5.41 Å². The third-order valence-electron chi connectivity index (χ3n) is 3.64. The molecule has 4 nitrogen and oxygen atoms in total. The molecule has 108 valence electrons. The van der Waals surface area contributed by atoms with Gasteiger partial charge >= 0.3 is 11.9 Å². The number of ether oxygens (including phenoxy) is 2. The minimum absolute atomic E-state index is 0.446. The monoisotopic (exact) mass is 268 g/mol. The van der Waals surface area contributed by atoms with Gasteiger partial charge in [0, 0.05) is 6.42 Å². The molecule has 1 saturated carbocycles. The molecular formula is C15H24O4. The second-order valence-corrected chi connectivity index (χ2v) is 5.00. The zero-order chi connectivity index (χ0) is 14.3. The first-order valence-electron chi connectivity index (χ1n) is 6.99. The lowest BCUT2D eigenvalue weighted by molar-refractivity contribution is -0.160. The fourth-order valence-corrected chi connectivity index (χ4v) is 2.35. The van der Waals surface area contributed by atoms with Crippen molar-refractivity contribution in [1.82, 2.24) is 0 Å². The molecule has 0 N–H and O–H groups in total. The minimum Gasteiger partial charge on any atom is -0.468 e. The van der Waals surface area contributed by atoms with Crippen LogP contribution in [0.25, 0.3) is 0 Å². The van der Waals surface area contributed by atoms with E-state index < -0.39 is 17.4 Å². The number of hydrogen-bond donors (Lipinski definition) is 0. The summed E-state index contributed by atoms with van der Waals surface area (Å²) in [6.07, 6.45) is 9.40. The van der Waals surface area contributed by atoms with E-state index in [1.165, 1.54) is 39.9 Å². The Hall–Kier alpha value is -1.32. The fourth-order valence-electron chi connectivity index (χ4n) is 2.35.